The standard InChI is InChI=1S/C15H12ClN3O/c16-11-3-1-2-10(6-11)7-15(20)19-14-9-17-8-13-12(14)4-5-18-13/h1-6,8-9,18H,7H2,(H,19,20). The Hall–Kier alpha value is -2.33. The van der Waals surface area contributed by atoms with Crippen LogP contribution in [0.3, 0.4) is 0 Å². The van der Waals surface area contributed by atoms with Crippen molar-refractivity contribution in [3.05, 3.63) is 59.5 Å². The van der Waals surface area contributed by atoms with Gasteiger partial charge in [0, 0.05) is 16.6 Å². The van der Waals surface area contributed by atoms with Gasteiger partial charge in [-0.25, -0.2) is 0 Å². The van der Waals surface area contributed by atoms with Crippen LogP contribution in [-0.4, -0.2) is 15.9 Å². The molecule has 0 aliphatic carbocycles. The van der Waals surface area contributed by atoms with Crippen molar-refractivity contribution in [3.8, 4) is 0 Å². The van der Waals surface area contributed by atoms with Crippen LogP contribution >= 0.6 is 11.6 Å². The molecule has 3 aromatic rings. The van der Waals surface area contributed by atoms with E-state index in [9.17, 15) is 4.79 Å². The van der Waals surface area contributed by atoms with E-state index in [1.165, 1.54) is 0 Å². The summed E-state index contributed by atoms with van der Waals surface area (Å²) < 4.78 is 0. The number of nitrogens with one attached hydrogen (secondary N) is 2. The average Bonchev–Trinajstić information content (AvgIpc) is 2.88. The summed E-state index contributed by atoms with van der Waals surface area (Å²) in [5.41, 5.74) is 2.48. The van der Waals surface area contributed by atoms with Gasteiger partial charge in [-0.1, -0.05) is 23.7 Å². The van der Waals surface area contributed by atoms with Gasteiger partial charge in [-0.05, 0) is 23.8 Å². The van der Waals surface area contributed by atoms with Crippen molar-refractivity contribution in [2.75, 3.05) is 5.32 Å². The summed E-state index contributed by atoms with van der Waals surface area (Å²) in [5, 5.41) is 4.45. The van der Waals surface area contributed by atoms with Gasteiger partial charge in [0.2, 0.25) is 5.91 Å². The van der Waals surface area contributed by atoms with Crippen LogP contribution in [0.2, 0.25) is 5.02 Å². The van der Waals surface area contributed by atoms with Crippen molar-refractivity contribution >= 4 is 34.1 Å². The van der Waals surface area contributed by atoms with Crippen LogP contribution in [0.25, 0.3) is 10.9 Å². The number of nitrogens with zero attached hydrogens (tertiary/aromatic N) is 1. The highest BCUT2D eigenvalue weighted by molar-refractivity contribution is 6.30. The molecule has 0 spiro atoms. The summed E-state index contributed by atoms with van der Waals surface area (Å²) in [5.74, 6) is -0.0947. The number of anilines is 1. The van der Waals surface area contributed by atoms with Crippen LogP contribution < -0.4 is 5.32 Å². The molecule has 5 heteroatoms. The Bertz CT molecular complexity index is 766. The number of hydrogen-bond donors (Lipinski definition) is 2. The largest absolute Gasteiger partial charge is 0.360 e. The molecular formula is C15H12ClN3O. The number of amides is 1. The fourth-order valence-electron chi connectivity index (χ4n) is 2.11. The van der Waals surface area contributed by atoms with E-state index in [0.717, 1.165) is 16.5 Å². The fraction of sp³-hybridized carbons (Fsp3) is 0.0667. The molecule has 0 radical (unpaired) electrons. The summed E-state index contributed by atoms with van der Waals surface area (Å²) >= 11 is 5.91. The minimum absolute atomic E-state index is 0.0947. The third-order valence-corrected chi connectivity index (χ3v) is 3.24. The number of rotatable bonds is 3. The maximum atomic E-state index is 12.1. The first-order valence-electron chi connectivity index (χ1n) is 6.18. The zero-order valence-corrected chi connectivity index (χ0v) is 11.3. The summed E-state index contributed by atoms with van der Waals surface area (Å²) in [7, 11) is 0. The highest BCUT2D eigenvalue weighted by atomic mass is 35.5. The van der Waals surface area contributed by atoms with Gasteiger partial charge in [0.25, 0.3) is 0 Å². The zero-order chi connectivity index (χ0) is 13.9. The van der Waals surface area contributed by atoms with Crippen LogP contribution in [0.4, 0.5) is 5.69 Å². The molecule has 0 saturated heterocycles. The Morgan fingerprint density at radius 2 is 2.20 bits per heavy atom. The number of H-pyrrole nitrogens is 1. The Morgan fingerprint density at radius 1 is 1.30 bits per heavy atom. The summed E-state index contributed by atoms with van der Waals surface area (Å²) in [6, 6.07) is 9.19. The second kappa shape index (κ2) is 5.35. The molecule has 0 saturated carbocycles. The normalized spacial score (nSPS) is 10.7. The number of halogens is 1. The number of aromatic nitrogens is 2. The molecule has 20 heavy (non-hydrogen) atoms. The van der Waals surface area contributed by atoms with Crippen molar-refractivity contribution in [3.63, 3.8) is 0 Å². The van der Waals surface area contributed by atoms with Gasteiger partial charge in [-0.15, -0.1) is 0 Å². The predicted molar refractivity (Wildman–Crippen MR) is 79.9 cm³/mol. The number of fused-ring (bicyclic) bond motifs is 1. The molecule has 0 atom stereocenters. The van der Waals surface area contributed by atoms with E-state index in [2.05, 4.69) is 15.3 Å². The van der Waals surface area contributed by atoms with E-state index in [0.29, 0.717) is 10.7 Å². The quantitative estimate of drug-likeness (QED) is 0.775. The lowest BCUT2D eigenvalue weighted by Gasteiger charge is -2.06. The summed E-state index contributed by atoms with van der Waals surface area (Å²) in [6.45, 7) is 0. The number of pyridine rings is 1. The van der Waals surface area contributed by atoms with Crippen LogP contribution in [-0.2, 0) is 11.2 Å². The molecule has 4 nitrogen and oxygen atoms in total. The van der Waals surface area contributed by atoms with Crippen molar-refractivity contribution in [1.29, 1.82) is 0 Å². The van der Waals surface area contributed by atoms with Gasteiger partial charge < -0.3 is 10.3 Å². The maximum Gasteiger partial charge on any atom is 0.228 e. The van der Waals surface area contributed by atoms with Crippen molar-refractivity contribution in [2.24, 2.45) is 0 Å². The Kier molecular flexibility index (Phi) is 3.39. The fourth-order valence-corrected chi connectivity index (χ4v) is 2.32. The minimum Gasteiger partial charge on any atom is -0.360 e. The molecule has 1 aromatic carbocycles. The van der Waals surface area contributed by atoms with Crippen molar-refractivity contribution < 1.29 is 4.79 Å². The molecule has 2 N–H and O–H groups in total. The summed E-state index contributed by atoms with van der Waals surface area (Å²) in [6.07, 6.45) is 5.47. The van der Waals surface area contributed by atoms with E-state index in [1.807, 2.05) is 24.4 Å². The van der Waals surface area contributed by atoms with Crippen molar-refractivity contribution in [1.82, 2.24) is 9.97 Å². The Morgan fingerprint density at radius 3 is 3.05 bits per heavy atom. The van der Waals surface area contributed by atoms with E-state index < -0.39 is 0 Å². The third kappa shape index (κ3) is 2.65. The molecule has 1 amide bonds. The van der Waals surface area contributed by atoms with Crippen molar-refractivity contribution in [2.45, 2.75) is 6.42 Å². The van der Waals surface area contributed by atoms with Crippen LogP contribution in [0.1, 0.15) is 5.56 Å². The predicted octanol–water partition coefficient (Wildman–Crippen LogP) is 3.40. The lowest BCUT2D eigenvalue weighted by atomic mass is 10.1. The minimum atomic E-state index is -0.0947. The highest BCUT2D eigenvalue weighted by Gasteiger charge is 2.08. The van der Waals surface area contributed by atoms with E-state index in [4.69, 9.17) is 11.6 Å². The Balaban J connectivity index is 1.77. The van der Waals surface area contributed by atoms with Crippen LogP contribution in [0, 0.1) is 0 Å². The first-order valence-corrected chi connectivity index (χ1v) is 6.55. The average molecular weight is 286 g/mol. The van der Waals surface area contributed by atoms with Gasteiger partial charge in [0.05, 0.1) is 30.0 Å². The second-order valence-electron chi connectivity index (χ2n) is 4.48. The van der Waals surface area contributed by atoms with Gasteiger partial charge in [0.1, 0.15) is 0 Å². The highest BCUT2D eigenvalue weighted by Crippen LogP contribution is 2.21. The first-order chi connectivity index (χ1) is 9.72. The molecule has 0 bridgehead atoms. The first kappa shape index (κ1) is 12.7. The molecular weight excluding hydrogens is 274 g/mol. The van der Waals surface area contributed by atoms with Gasteiger partial charge in [-0.2, -0.15) is 0 Å². The van der Waals surface area contributed by atoms with E-state index in [-0.39, 0.29) is 12.3 Å². The van der Waals surface area contributed by atoms with Crippen LogP contribution in [0.5, 0.6) is 0 Å². The van der Waals surface area contributed by atoms with Gasteiger partial charge in [-0.3, -0.25) is 9.78 Å². The molecule has 3 rings (SSSR count). The number of benzene rings is 1. The topological polar surface area (TPSA) is 57.8 Å². The monoisotopic (exact) mass is 285 g/mol. The molecule has 0 fully saturated rings. The SMILES string of the molecule is O=C(Cc1cccc(Cl)c1)Nc1cncc2[nH]ccc12. The number of hydrogen-bond acceptors (Lipinski definition) is 2. The smallest absolute Gasteiger partial charge is 0.228 e. The van der Waals surface area contributed by atoms with Gasteiger partial charge >= 0.3 is 0 Å². The second-order valence-corrected chi connectivity index (χ2v) is 4.92. The van der Waals surface area contributed by atoms with Gasteiger partial charge in [0.15, 0.2) is 0 Å². The van der Waals surface area contributed by atoms with E-state index >= 15 is 0 Å². The molecule has 0 aliphatic rings. The molecule has 2 aromatic heterocycles. The Labute approximate surface area is 120 Å². The molecule has 2 heterocycles. The van der Waals surface area contributed by atoms with E-state index in [1.54, 1.807) is 24.5 Å². The molecule has 0 aliphatic heterocycles. The number of carbonyl (C=O) groups excluding carboxylic acids is 1. The zero-order valence-electron chi connectivity index (χ0n) is 10.6. The molecule has 0 unspecified atom stereocenters. The molecule has 100 valence electrons. The lowest BCUT2D eigenvalue weighted by Crippen LogP contribution is -2.14. The third-order valence-electron chi connectivity index (χ3n) is 3.00. The summed E-state index contributed by atoms with van der Waals surface area (Å²) in [4.78, 5) is 19.2. The number of carbonyl (C=O) groups is 1. The number of aromatic amines is 1. The lowest BCUT2D eigenvalue weighted by molar-refractivity contribution is -0.115. The maximum absolute atomic E-state index is 12.1. The van der Waals surface area contributed by atoms with Crippen LogP contribution in [0.15, 0.2) is 48.9 Å².